The molecular weight excluding hydrogens is 492 g/mol. The lowest BCUT2D eigenvalue weighted by atomic mass is 10.2. The van der Waals surface area contributed by atoms with Crippen molar-refractivity contribution < 1.29 is 9.53 Å². The Balaban J connectivity index is 2.01. The maximum atomic E-state index is 12.3. The number of nitrogens with zero attached hydrogens (tertiary/aromatic N) is 1. The molecule has 1 fully saturated rings. The molecule has 0 spiro atoms. The van der Waals surface area contributed by atoms with Crippen LogP contribution < -0.4 is 5.32 Å². The summed E-state index contributed by atoms with van der Waals surface area (Å²) in [6.07, 6.45) is 1.77. The maximum Gasteiger partial charge on any atom is 0.410 e. The standard InChI is InChI=1S/C16H21Br3N2O2/c1-16(2,3)23-15(22)21-6-4-5-11(21)9-20-14-12(18)7-10(17)8-13(14)19/h7-8,11,20H,4-6,9H2,1-3H3. The van der Waals surface area contributed by atoms with Gasteiger partial charge in [-0.3, -0.25) is 0 Å². The molecule has 0 radical (unpaired) electrons. The van der Waals surface area contributed by atoms with Crippen molar-refractivity contribution >= 4 is 59.6 Å². The van der Waals surface area contributed by atoms with E-state index in [4.69, 9.17) is 4.74 Å². The van der Waals surface area contributed by atoms with Crippen LogP contribution in [0.3, 0.4) is 0 Å². The van der Waals surface area contributed by atoms with E-state index in [2.05, 4.69) is 53.1 Å². The number of benzene rings is 1. The summed E-state index contributed by atoms with van der Waals surface area (Å²) in [5.74, 6) is 0. The van der Waals surface area contributed by atoms with Gasteiger partial charge in [0.15, 0.2) is 0 Å². The molecule has 1 aliphatic heterocycles. The predicted molar refractivity (Wildman–Crippen MR) is 104 cm³/mol. The summed E-state index contributed by atoms with van der Waals surface area (Å²) >= 11 is 10.6. The number of carbonyl (C=O) groups is 1. The molecule has 0 bridgehead atoms. The molecule has 1 aromatic rings. The van der Waals surface area contributed by atoms with Crippen LogP contribution in [0.15, 0.2) is 25.6 Å². The lowest BCUT2D eigenvalue weighted by Gasteiger charge is -2.29. The van der Waals surface area contributed by atoms with E-state index in [1.165, 1.54) is 0 Å². The molecule has 23 heavy (non-hydrogen) atoms. The average molecular weight is 513 g/mol. The van der Waals surface area contributed by atoms with Gasteiger partial charge in [0.1, 0.15) is 5.60 Å². The van der Waals surface area contributed by atoms with Gasteiger partial charge >= 0.3 is 6.09 Å². The highest BCUT2D eigenvalue weighted by Gasteiger charge is 2.32. The van der Waals surface area contributed by atoms with Crippen molar-refractivity contribution in [3.8, 4) is 0 Å². The number of nitrogens with one attached hydrogen (secondary N) is 1. The van der Waals surface area contributed by atoms with Crippen LogP contribution in [0.2, 0.25) is 0 Å². The van der Waals surface area contributed by atoms with E-state index >= 15 is 0 Å². The van der Waals surface area contributed by atoms with Gasteiger partial charge in [-0.25, -0.2) is 4.79 Å². The second-order valence-electron chi connectivity index (χ2n) is 6.60. The Labute approximate surface area is 162 Å². The largest absolute Gasteiger partial charge is 0.444 e. The highest BCUT2D eigenvalue weighted by atomic mass is 79.9. The van der Waals surface area contributed by atoms with Crippen molar-refractivity contribution in [2.24, 2.45) is 0 Å². The number of hydrogen-bond acceptors (Lipinski definition) is 3. The molecule has 2 rings (SSSR count). The number of ether oxygens (including phenoxy) is 1. The number of hydrogen-bond donors (Lipinski definition) is 1. The fourth-order valence-corrected chi connectivity index (χ4v) is 5.08. The Morgan fingerprint density at radius 3 is 2.48 bits per heavy atom. The SMILES string of the molecule is CC(C)(C)OC(=O)N1CCCC1CNc1c(Br)cc(Br)cc1Br. The van der Waals surface area contributed by atoms with Crippen molar-refractivity contribution in [2.45, 2.75) is 45.3 Å². The molecule has 1 unspecified atom stereocenters. The van der Waals surface area contributed by atoms with E-state index in [0.29, 0.717) is 6.54 Å². The normalized spacial score (nSPS) is 18.2. The first kappa shape index (κ1) is 19.1. The fraction of sp³-hybridized carbons (Fsp3) is 0.562. The molecule has 1 amide bonds. The molecule has 4 nitrogen and oxygen atoms in total. The molecule has 1 aliphatic rings. The van der Waals surface area contributed by atoms with Crippen molar-refractivity contribution in [3.63, 3.8) is 0 Å². The summed E-state index contributed by atoms with van der Waals surface area (Å²) in [5.41, 5.74) is 0.527. The van der Waals surface area contributed by atoms with Crippen LogP contribution in [0.1, 0.15) is 33.6 Å². The molecular formula is C16H21Br3N2O2. The first-order chi connectivity index (χ1) is 10.7. The smallest absolute Gasteiger partial charge is 0.410 e. The number of carbonyl (C=O) groups excluding carboxylic acids is 1. The average Bonchev–Trinajstić information content (AvgIpc) is 2.83. The summed E-state index contributed by atoms with van der Waals surface area (Å²) in [6.45, 7) is 7.13. The van der Waals surface area contributed by atoms with E-state index in [9.17, 15) is 4.79 Å². The van der Waals surface area contributed by atoms with Crippen LogP contribution in [-0.2, 0) is 4.74 Å². The molecule has 1 saturated heterocycles. The Kier molecular flexibility index (Phi) is 6.42. The number of amides is 1. The predicted octanol–water partition coefficient (Wildman–Crippen LogP) is 5.79. The van der Waals surface area contributed by atoms with Crippen molar-refractivity contribution in [1.82, 2.24) is 4.90 Å². The second kappa shape index (κ2) is 7.74. The minimum atomic E-state index is -0.463. The summed E-state index contributed by atoms with van der Waals surface area (Å²) < 4.78 is 8.45. The van der Waals surface area contributed by atoms with E-state index in [0.717, 1.165) is 38.5 Å². The lowest BCUT2D eigenvalue weighted by molar-refractivity contribution is 0.0235. The number of halogens is 3. The third-order valence-electron chi connectivity index (χ3n) is 3.53. The third-order valence-corrected chi connectivity index (χ3v) is 5.24. The first-order valence-corrected chi connectivity index (χ1v) is 9.93. The summed E-state index contributed by atoms with van der Waals surface area (Å²) in [7, 11) is 0. The summed E-state index contributed by atoms with van der Waals surface area (Å²) in [5, 5.41) is 3.43. The zero-order valence-electron chi connectivity index (χ0n) is 13.5. The highest BCUT2D eigenvalue weighted by molar-refractivity contribution is 9.11. The Hall–Kier alpha value is -0.270. The highest BCUT2D eigenvalue weighted by Crippen LogP contribution is 2.34. The quantitative estimate of drug-likeness (QED) is 0.557. The monoisotopic (exact) mass is 510 g/mol. The van der Waals surface area contributed by atoms with Crippen LogP contribution in [0.5, 0.6) is 0 Å². The molecule has 0 aliphatic carbocycles. The first-order valence-electron chi connectivity index (χ1n) is 7.55. The van der Waals surface area contributed by atoms with E-state index in [1.807, 2.05) is 37.8 Å². The molecule has 1 atom stereocenters. The van der Waals surface area contributed by atoms with Crippen molar-refractivity contribution in [3.05, 3.63) is 25.6 Å². The summed E-state index contributed by atoms with van der Waals surface area (Å²) in [4.78, 5) is 14.1. The fourth-order valence-electron chi connectivity index (χ4n) is 2.54. The van der Waals surface area contributed by atoms with Crippen LogP contribution in [-0.4, -0.2) is 35.7 Å². The number of rotatable bonds is 3. The minimum absolute atomic E-state index is 0.146. The van der Waals surface area contributed by atoms with Gasteiger partial charge in [0.2, 0.25) is 0 Å². The van der Waals surface area contributed by atoms with Gasteiger partial charge in [-0.2, -0.15) is 0 Å². The molecule has 1 heterocycles. The number of anilines is 1. The van der Waals surface area contributed by atoms with E-state index in [1.54, 1.807) is 0 Å². The van der Waals surface area contributed by atoms with Gasteiger partial charge in [-0.05, 0) is 77.6 Å². The molecule has 1 N–H and O–H groups in total. The summed E-state index contributed by atoms with van der Waals surface area (Å²) in [6, 6.07) is 4.13. The zero-order valence-corrected chi connectivity index (χ0v) is 18.2. The zero-order chi connectivity index (χ0) is 17.2. The van der Waals surface area contributed by atoms with Gasteiger partial charge in [0, 0.05) is 26.5 Å². The lowest BCUT2D eigenvalue weighted by Crippen LogP contribution is -2.42. The molecule has 1 aromatic carbocycles. The van der Waals surface area contributed by atoms with Gasteiger partial charge < -0.3 is 15.0 Å². The Morgan fingerprint density at radius 2 is 1.91 bits per heavy atom. The third kappa shape index (κ3) is 5.36. The van der Waals surface area contributed by atoms with Crippen molar-refractivity contribution in [2.75, 3.05) is 18.4 Å². The van der Waals surface area contributed by atoms with Gasteiger partial charge in [0.05, 0.1) is 11.7 Å². The molecule has 0 aromatic heterocycles. The van der Waals surface area contributed by atoms with Crippen LogP contribution in [0.25, 0.3) is 0 Å². The number of likely N-dealkylation sites (tertiary alicyclic amines) is 1. The van der Waals surface area contributed by atoms with Gasteiger partial charge in [-0.1, -0.05) is 15.9 Å². The molecule has 0 saturated carbocycles. The molecule has 128 valence electrons. The van der Waals surface area contributed by atoms with Crippen molar-refractivity contribution in [1.29, 1.82) is 0 Å². The van der Waals surface area contributed by atoms with Crippen LogP contribution >= 0.6 is 47.8 Å². The van der Waals surface area contributed by atoms with E-state index < -0.39 is 5.60 Å². The maximum absolute atomic E-state index is 12.3. The van der Waals surface area contributed by atoms with Gasteiger partial charge in [0.25, 0.3) is 0 Å². The van der Waals surface area contributed by atoms with Gasteiger partial charge in [-0.15, -0.1) is 0 Å². The topological polar surface area (TPSA) is 41.6 Å². The Bertz CT molecular complexity index is 564. The van der Waals surface area contributed by atoms with E-state index in [-0.39, 0.29) is 12.1 Å². The van der Waals surface area contributed by atoms with Crippen LogP contribution in [0.4, 0.5) is 10.5 Å². The van der Waals surface area contributed by atoms with Crippen LogP contribution in [0, 0.1) is 0 Å². The molecule has 7 heteroatoms. The Morgan fingerprint density at radius 1 is 1.30 bits per heavy atom. The minimum Gasteiger partial charge on any atom is -0.444 e. The second-order valence-corrected chi connectivity index (χ2v) is 9.22.